The van der Waals surface area contributed by atoms with Gasteiger partial charge in [0.25, 0.3) is 0 Å². The van der Waals surface area contributed by atoms with Crippen LogP contribution in [0.25, 0.3) is 0 Å². The van der Waals surface area contributed by atoms with Gasteiger partial charge in [-0.05, 0) is 47.4 Å². The summed E-state index contributed by atoms with van der Waals surface area (Å²) in [6.07, 6.45) is 1.60. The summed E-state index contributed by atoms with van der Waals surface area (Å²) in [5.41, 5.74) is 3.25. The van der Waals surface area contributed by atoms with Gasteiger partial charge in [-0.2, -0.15) is 0 Å². The highest BCUT2D eigenvalue weighted by Crippen LogP contribution is 2.33. The first-order valence-corrected chi connectivity index (χ1v) is 8.15. The first-order chi connectivity index (χ1) is 10.1. The van der Waals surface area contributed by atoms with Gasteiger partial charge in [-0.15, -0.1) is 0 Å². The average Bonchev–Trinajstić information content (AvgIpc) is 2.86. The third-order valence-electron chi connectivity index (χ3n) is 3.64. The van der Waals surface area contributed by atoms with Gasteiger partial charge in [0.15, 0.2) is 0 Å². The van der Waals surface area contributed by atoms with E-state index in [0.717, 1.165) is 33.3 Å². The predicted molar refractivity (Wildman–Crippen MR) is 88.2 cm³/mol. The van der Waals surface area contributed by atoms with E-state index < -0.39 is 6.10 Å². The number of ether oxygens (including phenoxy) is 1. The number of halogens is 2. The number of rotatable bonds is 4. The summed E-state index contributed by atoms with van der Waals surface area (Å²) < 4.78 is 6.70. The lowest BCUT2D eigenvalue weighted by Crippen LogP contribution is -2.14. The number of fused-ring (bicyclic) bond motifs is 1. The van der Waals surface area contributed by atoms with Crippen LogP contribution in [0, 0.1) is 0 Å². The van der Waals surface area contributed by atoms with Crippen LogP contribution < -0.4 is 4.74 Å². The molecule has 3 rings (SSSR count). The van der Waals surface area contributed by atoms with Crippen molar-refractivity contribution < 1.29 is 9.84 Å². The van der Waals surface area contributed by atoms with Crippen molar-refractivity contribution in [2.24, 2.45) is 0 Å². The van der Waals surface area contributed by atoms with Crippen LogP contribution in [-0.4, -0.2) is 17.8 Å². The van der Waals surface area contributed by atoms with Gasteiger partial charge in [0.05, 0.1) is 12.7 Å². The maximum Gasteiger partial charge on any atom is 0.126 e. The van der Waals surface area contributed by atoms with E-state index in [1.165, 1.54) is 0 Å². The molecule has 2 nitrogen and oxygen atoms in total. The molecule has 0 saturated heterocycles. The van der Waals surface area contributed by atoms with E-state index in [1.807, 2.05) is 36.4 Å². The van der Waals surface area contributed by atoms with Crippen LogP contribution in [0.2, 0.25) is 5.02 Å². The zero-order chi connectivity index (χ0) is 14.8. The van der Waals surface area contributed by atoms with Gasteiger partial charge in [-0.3, -0.25) is 0 Å². The van der Waals surface area contributed by atoms with Gasteiger partial charge < -0.3 is 9.84 Å². The molecule has 1 aliphatic heterocycles. The molecule has 21 heavy (non-hydrogen) atoms. The van der Waals surface area contributed by atoms with E-state index in [9.17, 15) is 5.11 Å². The summed E-state index contributed by atoms with van der Waals surface area (Å²) >= 11 is 9.60. The molecule has 0 amide bonds. The van der Waals surface area contributed by atoms with Crippen molar-refractivity contribution in [1.29, 1.82) is 0 Å². The smallest absolute Gasteiger partial charge is 0.126 e. The van der Waals surface area contributed by atoms with Gasteiger partial charge in [0.2, 0.25) is 0 Å². The summed E-state index contributed by atoms with van der Waals surface area (Å²) in [6.45, 7) is 0.699. The van der Waals surface area contributed by atoms with Crippen molar-refractivity contribution in [1.82, 2.24) is 0 Å². The van der Waals surface area contributed by atoms with Crippen LogP contribution in [0.1, 0.15) is 16.7 Å². The quantitative estimate of drug-likeness (QED) is 0.878. The van der Waals surface area contributed by atoms with Crippen molar-refractivity contribution in [3.8, 4) is 5.75 Å². The van der Waals surface area contributed by atoms with Crippen LogP contribution in [0.15, 0.2) is 40.9 Å². The second-order valence-corrected chi connectivity index (χ2v) is 6.70. The number of hydrogen-bond donors (Lipinski definition) is 1. The molecule has 2 aromatic rings. The minimum atomic E-state index is -0.453. The maximum absolute atomic E-state index is 10.4. The molecule has 0 saturated carbocycles. The highest BCUT2D eigenvalue weighted by atomic mass is 79.9. The molecule has 110 valence electrons. The Bertz CT molecular complexity index is 657. The van der Waals surface area contributed by atoms with Crippen LogP contribution >= 0.6 is 27.5 Å². The highest BCUT2D eigenvalue weighted by molar-refractivity contribution is 9.10. The molecule has 4 heteroatoms. The molecule has 0 radical (unpaired) electrons. The molecule has 0 bridgehead atoms. The minimum absolute atomic E-state index is 0.453. The first kappa shape index (κ1) is 14.9. The Morgan fingerprint density at radius 2 is 2.10 bits per heavy atom. The molecule has 1 N–H and O–H groups in total. The largest absolute Gasteiger partial charge is 0.493 e. The van der Waals surface area contributed by atoms with Gasteiger partial charge >= 0.3 is 0 Å². The molecule has 2 aromatic carbocycles. The van der Waals surface area contributed by atoms with E-state index >= 15 is 0 Å². The topological polar surface area (TPSA) is 29.5 Å². The molecule has 1 heterocycles. The summed E-state index contributed by atoms with van der Waals surface area (Å²) in [5.74, 6) is 0.910. The van der Waals surface area contributed by atoms with Crippen LogP contribution in [0.3, 0.4) is 0 Å². The van der Waals surface area contributed by atoms with Crippen molar-refractivity contribution in [2.45, 2.75) is 25.4 Å². The number of hydrogen-bond acceptors (Lipinski definition) is 2. The van der Waals surface area contributed by atoms with Gasteiger partial charge in [-0.25, -0.2) is 0 Å². The summed E-state index contributed by atoms with van der Waals surface area (Å²) in [4.78, 5) is 0. The molecular weight excluding hydrogens is 352 g/mol. The number of aliphatic hydroxyl groups is 1. The molecule has 0 aliphatic carbocycles. The van der Waals surface area contributed by atoms with Crippen molar-refractivity contribution in [2.75, 3.05) is 6.61 Å². The standard InChI is InChI=1S/C17H16BrClO2/c18-14-3-1-2-11(6-14)7-16(20)10-13-9-15(19)8-12-4-5-21-17(12)13/h1-3,6,8-9,16,20H,4-5,7,10H2. The average molecular weight is 368 g/mol. The van der Waals surface area contributed by atoms with Crippen LogP contribution in [0.4, 0.5) is 0 Å². The third-order valence-corrected chi connectivity index (χ3v) is 4.35. The van der Waals surface area contributed by atoms with Crippen LogP contribution in [0.5, 0.6) is 5.75 Å². The Labute approximate surface area is 137 Å². The van der Waals surface area contributed by atoms with E-state index in [4.69, 9.17) is 16.3 Å². The fourth-order valence-corrected chi connectivity index (χ4v) is 3.47. The normalized spacial score (nSPS) is 14.6. The molecule has 1 aliphatic rings. The predicted octanol–water partition coefficient (Wildman–Crippen LogP) is 4.18. The molecular formula is C17H16BrClO2. The first-order valence-electron chi connectivity index (χ1n) is 6.98. The van der Waals surface area contributed by atoms with E-state index in [-0.39, 0.29) is 0 Å². The van der Waals surface area contributed by atoms with Crippen molar-refractivity contribution in [3.63, 3.8) is 0 Å². The van der Waals surface area contributed by atoms with Crippen molar-refractivity contribution >= 4 is 27.5 Å². The summed E-state index contributed by atoms with van der Waals surface area (Å²) in [6, 6.07) is 11.9. The summed E-state index contributed by atoms with van der Waals surface area (Å²) in [7, 11) is 0. The fraction of sp³-hybridized carbons (Fsp3) is 0.294. The zero-order valence-electron chi connectivity index (χ0n) is 11.5. The molecule has 0 spiro atoms. The van der Waals surface area contributed by atoms with Gasteiger partial charge in [-0.1, -0.05) is 39.7 Å². The Hall–Kier alpha value is -1.03. The molecule has 0 fully saturated rings. The molecule has 0 aromatic heterocycles. The lowest BCUT2D eigenvalue weighted by atomic mass is 9.99. The van der Waals surface area contributed by atoms with E-state index in [0.29, 0.717) is 24.5 Å². The summed E-state index contributed by atoms with van der Waals surface area (Å²) in [5, 5.41) is 11.1. The minimum Gasteiger partial charge on any atom is -0.493 e. The SMILES string of the molecule is OC(Cc1cccc(Br)c1)Cc1cc(Cl)cc2c1OCC2. The van der Waals surface area contributed by atoms with Gasteiger partial charge in [0.1, 0.15) is 5.75 Å². The van der Waals surface area contributed by atoms with Crippen molar-refractivity contribution in [3.05, 3.63) is 62.6 Å². The Balaban J connectivity index is 1.75. The maximum atomic E-state index is 10.4. The monoisotopic (exact) mass is 366 g/mol. The van der Waals surface area contributed by atoms with Crippen LogP contribution in [-0.2, 0) is 19.3 Å². The second kappa shape index (κ2) is 6.39. The Kier molecular flexibility index (Phi) is 4.53. The van der Waals surface area contributed by atoms with E-state index in [1.54, 1.807) is 0 Å². The lowest BCUT2D eigenvalue weighted by Gasteiger charge is -2.14. The Morgan fingerprint density at radius 3 is 2.90 bits per heavy atom. The molecule has 1 atom stereocenters. The number of benzene rings is 2. The van der Waals surface area contributed by atoms with Gasteiger partial charge in [0, 0.05) is 22.3 Å². The molecule has 1 unspecified atom stereocenters. The lowest BCUT2D eigenvalue weighted by molar-refractivity contribution is 0.174. The zero-order valence-corrected chi connectivity index (χ0v) is 13.8. The highest BCUT2D eigenvalue weighted by Gasteiger charge is 2.19. The third kappa shape index (κ3) is 3.60. The fourth-order valence-electron chi connectivity index (χ4n) is 2.76. The van der Waals surface area contributed by atoms with E-state index in [2.05, 4.69) is 15.9 Å². The second-order valence-electron chi connectivity index (χ2n) is 5.34. The number of aliphatic hydroxyl groups excluding tert-OH is 1. The Morgan fingerprint density at radius 1 is 1.24 bits per heavy atom.